The summed E-state index contributed by atoms with van der Waals surface area (Å²) < 4.78 is 5.44. The third-order valence-corrected chi connectivity index (χ3v) is 6.77. The molecule has 0 unspecified atom stereocenters. The second kappa shape index (κ2) is 9.57. The Kier molecular flexibility index (Phi) is 6.64. The average Bonchev–Trinajstić information content (AvgIpc) is 3.30. The number of aromatic nitrogens is 1. The number of morpholine rings is 1. The number of benzene rings is 1. The summed E-state index contributed by atoms with van der Waals surface area (Å²) in [5, 5.41) is 5.87. The van der Waals surface area contributed by atoms with Crippen LogP contribution in [0.4, 0.5) is 11.4 Å². The molecule has 1 N–H and O–H groups in total. The number of amides is 2. The molecule has 0 saturated carbocycles. The zero-order valence-corrected chi connectivity index (χ0v) is 18.1. The lowest BCUT2D eigenvalue weighted by molar-refractivity contribution is -0.131. The lowest BCUT2D eigenvalue weighted by Gasteiger charge is -2.31. The van der Waals surface area contributed by atoms with Crippen LogP contribution in [0.2, 0.25) is 0 Å². The number of ether oxygens (including phenoxy) is 1. The lowest BCUT2D eigenvalue weighted by Crippen LogP contribution is -2.37. The van der Waals surface area contributed by atoms with Gasteiger partial charge in [-0.05, 0) is 25.0 Å². The largest absolute Gasteiger partial charge is 0.378 e. The molecule has 0 spiro atoms. The van der Waals surface area contributed by atoms with E-state index in [1.165, 1.54) is 0 Å². The third kappa shape index (κ3) is 4.65. The van der Waals surface area contributed by atoms with Gasteiger partial charge in [0.1, 0.15) is 5.69 Å². The molecule has 2 amide bonds. The number of anilines is 2. The van der Waals surface area contributed by atoms with E-state index < -0.39 is 0 Å². The molecular formula is C22H28N4O3S. The van der Waals surface area contributed by atoms with Crippen molar-refractivity contribution in [3.05, 3.63) is 40.3 Å². The van der Waals surface area contributed by atoms with E-state index in [1.54, 1.807) is 11.3 Å². The van der Waals surface area contributed by atoms with E-state index in [-0.39, 0.29) is 11.8 Å². The Morgan fingerprint density at radius 3 is 2.63 bits per heavy atom. The molecule has 7 nitrogen and oxygen atoms in total. The molecule has 160 valence electrons. The molecule has 2 aromatic rings. The van der Waals surface area contributed by atoms with Crippen LogP contribution in [0.25, 0.3) is 0 Å². The van der Waals surface area contributed by atoms with Gasteiger partial charge in [0.15, 0.2) is 0 Å². The maximum absolute atomic E-state index is 12.9. The highest BCUT2D eigenvalue weighted by Crippen LogP contribution is 2.31. The number of carbonyl (C=O) groups excluding carboxylic acids is 2. The van der Waals surface area contributed by atoms with Gasteiger partial charge < -0.3 is 19.9 Å². The Morgan fingerprint density at radius 1 is 1.17 bits per heavy atom. The first-order valence-corrected chi connectivity index (χ1v) is 11.5. The van der Waals surface area contributed by atoms with Crippen molar-refractivity contribution in [2.24, 2.45) is 0 Å². The van der Waals surface area contributed by atoms with Crippen LogP contribution in [0.15, 0.2) is 29.6 Å². The van der Waals surface area contributed by atoms with Crippen molar-refractivity contribution in [2.45, 2.75) is 32.1 Å². The highest BCUT2D eigenvalue weighted by atomic mass is 32.1. The van der Waals surface area contributed by atoms with Gasteiger partial charge in [-0.2, -0.15) is 0 Å². The number of carbonyl (C=O) groups is 2. The fraction of sp³-hybridized carbons (Fsp3) is 0.500. The average molecular weight is 429 g/mol. The zero-order valence-electron chi connectivity index (χ0n) is 17.3. The van der Waals surface area contributed by atoms with E-state index >= 15 is 0 Å². The minimum Gasteiger partial charge on any atom is -0.378 e. The molecule has 2 aliphatic heterocycles. The second-order valence-corrected chi connectivity index (χ2v) is 8.54. The van der Waals surface area contributed by atoms with Crippen LogP contribution < -0.4 is 10.2 Å². The van der Waals surface area contributed by atoms with Crippen LogP contribution in [0.1, 0.15) is 47.6 Å². The monoisotopic (exact) mass is 428 g/mol. The maximum Gasteiger partial charge on any atom is 0.275 e. The van der Waals surface area contributed by atoms with Crippen molar-refractivity contribution in [3.8, 4) is 0 Å². The summed E-state index contributed by atoms with van der Waals surface area (Å²) >= 11 is 1.54. The maximum atomic E-state index is 12.9. The van der Waals surface area contributed by atoms with Crippen molar-refractivity contribution in [2.75, 3.05) is 49.6 Å². The quantitative estimate of drug-likeness (QED) is 0.791. The predicted molar refractivity (Wildman–Crippen MR) is 118 cm³/mol. The van der Waals surface area contributed by atoms with Crippen molar-refractivity contribution in [1.82, 2.24) is 9.88 Å². The fourth-order valence-electron chi connectivity index (χ4n) is 4.02. The number of hydrogen-bond acceptors (Lipinski definition) is 6. The van der Waals surface area contributed by atoms with Gasteiger partial charge in [-0.3, -0.25) is 9.59 Å². The summed E-state index contributed by atoms with van der Waals surface area (Å²) in [4.78, 5) is 33.5. The van der Waals surface area contributed by atoms with Crippen LogP contribution in [-0.2, 0) is 9.53 Å². The highest BCUT2D eigenvalue weighted by molar-refractivity contribution is 7.10. The van der Waals surface area contributed by atoms with E-state index in [2.05, 4.69) is 15.2 Å². The lowest BCUT2D eigenvalue weighted by atomic mass is 9.97. The van der Waals surface area contributed by atoms with E-state index in [9.17, 15) is 9.59 Å². The molecular weight excluding hydrogens is 400 g/mol. The summed E-state index contributed by atoms with van der Waals surface area (Å²) in [6, 6.07) is 7.86. The molecule has 0 radical (unpaired) electrons. The first-order chi connectivity index (χ1) is 14.7. The van der Waals surface area contributed by atoms with E-state index in [4.69, 9.17) is 4.74 Å². The molecule has 1 aromatic carbocycles. The molecule has 8 heteroatoms. The first-order valence-electron chi connectivity index (χ1n) is 10.6. The van der Waals surface area contributed by atoms with Gasteiger partial charge in [0.2, 0.25) is 5.91 Å². The van der Waals surface area contributed by atoms with Gasteiger partial charge in [-0.1, -0.05) is 19.1 Å². The Bertz CT molecular complexity index is 886. The van der Waals surface area contributed by atoms with Gasteiger partial charge in [-0.25, -0.2) is 4.98 Å². The summed E-state index contributed by atoms with van der Waals surface area (Å²) in [7, 11) is 0. The normalized spacial score (nSPS) is 17.8. The van der Waals surface area contributed by atoms with Crippen LogP contribution in [0, 0.1) is 0 Å². The molecule has 2 saturated heterocycles. The van der Waals surface area contributed by atoms with Crippen molar-refractivity contribution in [3.63, 3.8) is 0 Å². The number of rotatable bonds is 5. The van der Waals surface area contributed by atoms with Crippen LogP contribution in [0.5, 0.6) is 0 Å². The number of hydrogen-bond donors (Lipinski definition) is 1. The molecule has 0 aliphatic carbocycles. The summed E-state index contributed by atoms with van der Waals surface area (Å²) in [6.45, 7) is 6.45. The molecule has 2 aliphatic rings. The van der Waals surface area contributed by atoms with Crippen LogP contribution >= 0.6 is 11.3 Å². The van der Waals surface area contributed by atoms with Crippen LogP contribution in [0.3, 0.4) is 0 Å². The van der Waals surface area contributed by atoms with Gasteiger partial charge in [0.05, 0.1) is 29.6 Å². The van der Waals surface area contributed by atoms with Crippen molar-refractivity contribution >= 4 is 34.5 Å². The smallest absolute Gasteiger partial charge is 0.275 e. The van der Waals surface area contributed by atoms with Gasteiger partial charge in [-0.15, -0.1) is 11.3 Å². The molecule has 30 heavy (non-hydrogen) atoms. The molecule has 0 atom stereocenters. The zero-order chi connectivity index (χ0) is 20.9. The Balaban J connectivity index is 1.40. The number of nitrogens with one attached hydrogen (secondary N) is 1. The molecule has 4 rings (SSSR count). The van der Waals surface area contributed by atoms with Gasteiger partial charge >= 0.3 is 0 Å². The molecule has 0 bridgehead atoms. The topological polar surface area (TPSA) is 74.8 Å². The molecule has 1 aromatic heterocycles. The molecule has 3 heterocycles. The van der Waals surface area contributed by atoms with Gasteiger partial charge in [0.25, 0.3) is 5.91 Å². The summed E-state index contributed by atoms with van der Waals surface area (Å²) in [5.41, 5.74) is 2.27. The number of para-hydroxylation sites is 2. The number of likely N-dealkylation sites (tertiary alicyclic amines) is 1. The van der Waals surface area contributed by atoms with Crippen LogP contribution in [-0.4, -0.2) is 61.1 Å². The Labute approximate surface area is 181 Å². The Morgan fingerprint density at radius 2 is 1.90 bits per heavy atom. The molecule has 2 fully saturated rings. The van der Waals surface area contributed by atoms with E-state index in [0.717, 1.165) is 55.4 Å². The standard InChI is InChI=1S/C22H28N4O3S/c1-2-20(27)26-9-7-16(8-10-26)22-24-18(15-30-22)21(28)23-17-5-3-4-6-19(17)25-11-13-29-14-12-25/h3-6,15-16H,2,7-14H2,1H3,(H,23,28). The fourth-order valence-corrected chi connectivity index (χ4v) is 5.00. The summed E-state index contributed by atoms with van der Waals surface area (Å²) in [5.74, 6) is 0.349. The van der Waals surface area contributed by atoms with Gasteiger partial charge in [0, 0.05) is 43.9 Å². The third-order valence-electron chi connectivity index (χ3n) is 5.76. The second-order valence-electron chi connectivity index (χ2n) is 7.65. The number of nitrogens with zero attached hydrogens (tertiary/aromatic N) is 3. The van der Waals surface area contributed by atoms with Crippen molar-refractivity contribution < 1.29 is 14.3 Å². The highest BCUT2D eigenvalue weighted by Gasteiger charge is 2.26. The number of piperidine rings is 1. The van der Waals surface area contributed by atoms with E-state index in [1.807, 2.05) is 41.5 Å². The summed E-state index contributed by atoms with van der Waals surface area (Å²) in [6.07, 6.45) is 2.36. The van der Waals surface area contributed by atoms with E-state index in [0.29, 0.717) is 31.2 Å². The minimum absolute atomic E-state index is 0.184. The predicted octanol–water partition coefficient (Wildman–Crippen LogP) is 3.35. The first kappa shape index (κ1) is 20.8. The minimum atomic E-state index is -0.184. The number of thiazole rings is 1. The Hall–Kier alpha value is -2.45. The SMILES string of the molecule is CCC(=O)N1CCC(c2nc(C(=O)Nc3ccccc3N3CCOCC3)cs2)CC1. The van der Waals surface area contributed by atoms with Crippen molar-refractivity contribution in [1.29, 1.82) is 0 Å².